The van der Waals surface area contributed by atoms with Gasteiger partial charge in [-0.05, 0) is 96.6 Å². The zero-order valence-electron chi connectivity index (χ0n) is 12.9. The molecule has 0 saturated carbocycles. The van der Waals surface area contributed by atoms with Crippen LogP contribution in [0.5, 0.6) is 0 Å². The second-order valence-electron chi connectivity index (χ2n) is 5.45. The highest BCUT2D eigenvalue weighted by Crippen LogP contribution is 2.29. The topological polar surface area (TPSA) is 51.1 Å². The van der Waals surface area contributed by atoms with Crippen molar-refractivity contribution in [3.05, 3.63) is 55.3 Å². The second-order valence-corrected chi connectivity index (χ2v) is 7.62. The number of carbonyl (C=O) groups is 2. The van der Waals surface area contributed by atoms with Gasteiger partial charge in [0.25, 0.3) is 11.1 Å². The minimum absolute atomic E-state index is 0.316. The number of hydrogen-bond acceptors (Lipinski definition) is 3. The van der Waals surface area contributed by atoms with Crippen LogP contribution in [-0.4, -0.2) is 15.7 Å². The summed E-state index contributed by atoms with van der Waals surface area (Å²) in [7, 11) is 0. The Labute approximate surface area is 152 Å². The molecule has 2 aromatic rings. The number of rotatable bonds is 2. The maximum Gasteiger partial charge on any atom is 0.290 e. The predicted octanol–water partition coefficient (Wildman–Crippen LogP) is 4.33. The van der Waals surface area contributed by atoms with E-state index >= 15 is 0 Å². The van der Waals surface area contributed by atoms with E-state index in [0.717, 1.165) is 34.4 Å². The molecule has 0 atom stereocenters. The van der Waals surface area contributed by atoms with Gasteiger partial charge in [0, 0.05) is 20.6 Å². The molecule has 1 fully saturated rings. The summed E-state index contributed by atoms with van der Waals surface area (Å²) in [4.78, 5) is 23.4. The molecule has 6 heteroatoms. The Morgan fingerprint density at radius 2 is 1.91 bits per heavy atom. The standard InChI is InChI=1S/C17H15IN2O2S/c1-9-6-13(4-5-14(9)18)20-10(2)7-12(11(20)3)8-15-16(21)19-17(22)23-15/h4-8H,1-3H3,(H,19,21,22)/b15-8-. The summed E-state index contributed by atoms with van der Waals surface area (Å²) in [5.74, 6) is -0.324. The largest absolute Gasteiger partial charge is 0.318 e. The van der Waals surface area contributed by atoms with Crippen molar-refractivity contribution >= 4 is 51.6 Å². The number of halogens is 1. The van der Waals surface area contributed by atoms with E-state index in [2.05, 4.69) is 57.6 Å². The van der Waals surface area contributed by atoms with E-state index in [-0.39, 0.29) is 11.1 Å². The van der Waals surface area contributed by atoms with E-state index in [1.54, 1.807) is 6.08 Å². The van der Waals surface area contributed by atoms with Crippen LogP contribution in [0.3, 0.4) is 0 Å². The average Bonchev–Trinajstić information content (AvgIpc) is 2.93. The molecule has 0 radical (unpaired) electrons. The lowest BCUT2D eigenvalue weighted by atomic mass is 10.2. The van der Waals surface area contributed by atoms with Gasteiger partial charge in [-0.3, -0.25) is 14.9 Å². The molecule has 3 rings (SSSR count). The van der Waals surface area contributed by atoms with Crippen molar-refractivity contribution in [1.29, 1.82) is 0 Å². The Kier molecular flexibility index (Phi) is 4.37. The van der Waals surface area contributed by atoms with E-state index in [9.17, 15) is 9.59 Å². The molecule has 0 spiro atoms. The molecule has 1 aromatic heterocycles. The Hall–Kier alpha value is -1.54. The fourth-order valence-electron chi connectivity index (χ4n) is 2.66. The highest BCUT2D eigenvalue weighted by molar-refractivity contribution is 14.1. The molecule has 118 valence electrons. The van der Waals surface area contributed by atoms with E-state index in [1.165, 1.54) is 9.13 Å². The van der Waals surface area contributed by atoms with Crippen molar-refractivity contribution in [3.63, 3.8) is 0 Å². The Bertz CT molecular complexity index is 868. The van der Waals surface area contributed by atoms with Gasteiger partial charge in [-0.25, -0.2) is 0 Å². The fourth-order valence-corrected chi connectivity index (χ4v) is 3.67. The molecule has 0 bridgehead atoms. The van der Waals surface area contributed by atoms with E-state index in [1.807, 2.05) is 19.9 Å². The highest BCUT2D eigenvalue weighted by Gasteiger charge is 2.25. The van der Waals surface area contributed by atoms with Crippen LogP contribution in [0.15, 0.2) is 29.2 Å². The van der Waals surface area contributed by atoms with Crippen molar-refractivity contribution < 1.29 is 9.59 Å². The number of nitrogens with one attached hydrogen (secondary N) is 1. The molecule has 2 heterocycles. The predicted molar refractivity (Wildman–Crippen MR) is 102 cm³/mol. The quantitative estimate of drug-likeness (QED) is 0.561. The SMILES string of the molecule is Cc1cc(-n2c(C)cc(/C=C3\SC(=O)NC3=O)c2C)ccc1I. The van der Waals surface area contributed by atoms with Crippen LogP contribution in [0.4, 0.5) is 4.79 Å². The third kappa shape index (κ3) is 3.10. The van der Waals surface area contributed by atoms with Crippen molar-refractivity contribution in [2.45, 2.75) is 20.8 Å². The summed E-state index contributed by atoms with van der Waals surface area (Å²) in [6.45, 7) is 6.15. The van der Waals surface area contributed by atoms with Crippen LogP contribution in [0, 0.1) is 24.3 Å². The average molecular weight is 438 g/mol. The normalized spacial score (nSPS) is 16.3. The minimum atomic E-state index is -0.324. The number of benzene rings is 1. The Balaban J connectivity index is 2.06. The van der Waals surface area contributed by atoms with Gasteiger partial charge in [0.1, 0.15) is 0 Å². The molecule has 1 aliphatic rings. The third-order valence-electron chi connectivity index (χ3n) is 3.80. The molecule has 1 aromatic carbocycles. The zero-order valence-corrected chi connectivity index (χ0v) is 15.9. The van der Waals surface area contributed by atoms with Crippen LogP contribution < -0.4 is 5.32 Å². The van der Waals surface area contributed by atoms with Crippen molar-refractivity contribution in [2.24, 2.45) is 0 Å². The lowest BCUT2D eigenvalue weighted by molar-refractivity contribution is -0.115. The summed E-state index contributed by atoms with van der Waals surface area (Å²) in [5, 5.41) is 1.97. The smallest absolute Gasteiger partial charge is 0.290 e. The summed E-state index contributed by atoms with van der Waals surface area (Å²) >= 11 is 3.27. The van der Waals surface area contributed by atoms with Crippen LogP contribution in [0.1, 0.15) is 22.5 Å². The molecule has 1 saturated heterocycles. The van der Waals surface area contributed by atoms with E-state index < -0.39 is 0 Å². The number of imide groups is 1. The number of hydrogen-bond donors (Lipinski definition) is 1. The first kappa shape index (κ1) is 16.3. The number of thioether (sulfide) groups is 1. The monoisotopic (exact) mass is 438 g/mol. The highest BCUT2D eigenvalue weighted by atomic mass is 127. The second kappa shape index (κ2) is 6.16. The van der Waals surface area contributed by atoms with Crippen molar-refractivity contribution in [1.82, 2.24) is 9.88 Å². The Morgan fingerprint density at radius 3 is 2.52 bits per heavy atom. The molecular weight excluding hydrogens is 423 g/mol. The van der Waals surface area contributed by atoms with Gasteiger partial charge < -0.3 is 4.57 Å². The minimum Gasteiger partial charge on any atom is -0.318 e. The number of amides is 2. The number of aryl methyl sites for hydroxylation is 2. The molecule has 4 nitrogen and oxygen atoms in total. The lowest BCUT2D eigenvalue weighted by Crippen LogP contribution is -2.17. The summed E-state index contributed by atoms with van der Waals surface area (Å²) < 4.78 is 3.39. The summed E-state index contributed by atoms with van der Waals surface area (Å²) in [6, 6.07) is 8.37. The lowest BCUT2D eigenvalue weighted by Gasteiger charge is -2.11. The van der Waals surface area contributed by atoms with Gasteiger partial charge in [0.2, 0.25) is 0 Å². The maximum atomic E-state index is 11.7. The van der Waals surface area contributed by atoms with Gasteiger partial charge in [0.15, 0.2) is 0 Å². The van der Waals surface area contributed by atoms with Gasteiger partial charge in [-0.15, -0.1) is 0 Å². The first-order valence-corrected chi connectivity index (χ1v) is 8.96. The first-order valence-electron chi connectivity index (χ1n) is 7.07. The molecule has 0 aliphatic carbocycles. The van der Waals surface area contributed by atoms with Gasteiger partial charge >= 0.3 is 0 Å². The summed E-state index contributed by atoms with van der Waals surface area (Å²) in [6.07, 6.45) is 1.78. The van der Waals surface area contributed by atoms with E-state index in [0.29, 0.717) is 4.91 Å². The van der Waals surface area contributed by atoms with Gasteiger partial charge in [-0.2, -0.15) is 0 Å². The summed E-state index contributed by atoms with van der Waals surface area (Å²) in [5.41, 5.74) is 5.41. The molecule has 23 heavy (non-hydrogen) atoms. The van der Waals surface area contributed by atoms with Crippen molar-refractivity contribution in [3.8, 4) is 5.69 Å². The number of aromatic nitrogens is 1. The molecule has 2 amide bonds. The van der Waals surface area contributed by atoms with Gasteiger partial charge in [-0.1, -0.05) is 0 Å². The first-order chi connectivity index (χ1) is 10.9. The van der Waals surface area contributed by atoms with Gasteiger partial charge in [0.05, 0.1) is 4.91 Å². The number of carbonyl (C=O) groups excluding carboxylic acids is 2. The maximum absolute atomic E-state index is 11.7. The molecule has 1 aliphatic heterocycles. The van der Waals surface area contributed by atoms with Crippen LogP contribution in [0.25, 0.3) is 11.8 Å². The Morgan fingerprint density at radius 1 is 1.17 bits per heavy atom. The molecule has 0 unspecified atom stereocenters. The van der Waals surface area contributed by atoms with Crippen LogP contribution >= 0.6 is 34.4 Å². The third-order valence-corrected chi connectivity index (χ3v) is 5.82. The number of nitrogens with zero attached hydrogens (tertiary/aromatic N) is 1. The molecule has 1 N–H and O–H groups in total. The van der Waals surface area contributed by atoms with Crippen molar-refractivity contribution in [2.75, 3.05) is 0 Å². The molecular formula is C17H15IN2O2S. The van der Waals surface area contributed by atoms with Crippen LogP contribution in [0.2, 0.25) is 0 Å². The van der Waals surface area contributed by atoms with E-state index in [4.69, 9.17) is 0 Å². The zero-order chi connectivity index (χ0) is 16.7. The fraction of sp³-hybridized carbons (Fsp3) is 0.176. The van der Waals surface area contributed by atoms with Crippen LogP contribution in [-0.2, 0) is 4.79 Å².